The van der Waals surface area contributed by atoms with Crippen molar-refractivity contribution < 1.29 is 14.4 Å². The molecule has 0 fully saturated rings. The third-order valence-electron chi connectivity index (χ3n) is 5.66. The molecule has 0 aromatic heterocycles. The minimum atomic E-state index is -0.616. The summed E-state index contributed by atoms with van der Waals surface area (Å²) in [5.41, 5.74) is 4.24. The van der Waals surface area contributed by atoms with Gasteiger partial charge in [-0.3, -0.25) is 14.5 Å². The van der Waals surface area contributed by atoms with Crippen LogP contribution in [0.5, 0.6) is 0 Å². The summed E-state index contributed by atoms with van der Waals surface area (Å²) in [7, 11) is 1.66. The minimum Gasteiger partial charge on any atom is -0.354 e. The first-order chi connectivity index (χ1) is 13.6. The van der Waals surface area contributed by atoms with E-state index in [1.165, 1.54) is 4.90 Å². The quantitative estimate of drug-likeness (QED) is 0.798. The van der Waals surface area contributed by atoms with E-state index in [0.717, 1.165) is 16.7 Å². The monoisotopic (exact) mass is 398 g/mol. The van der Waals surface area contributed by atoms with E-state index in [1.54, 1.807) is 18.9 Å². The summed E-state index contributed by atoms with van der Waals surface area (Å²) < 4.78 is 0. The molecule has 0 saturated heterocycles. The van der Waals surface area contributed by atoms with Crippen LogP contribution in [0.4, 0.5) is 4.79 Å². The van der Waals surface area contributed by atoms with Gasteiger partial charge in [0, 0.05) is 13.6 Å². The van der Waals surface area contributed by atoms with Gasteiger partial charge in [-0.25, -0.2) is 4.79 Å². The third kappa shape index (κ3) is 3.86. The van der Waals surface area contributed by atoms with E-state index in [2.05, 4.69) is 10.6 Å². The molecule has 2 atom stereocenters. The number of hydrogen-bond donors (Lipinski definition) is 2. The van der Waals surface area contributed by atoms with Crippen LogP contribution in [0.2, 0.25) is 0 Å². The van der Waals surface area contributed by atoms with Gasteiger partial charge in [0.25, 0.3) is 5.91 Å². The number of urea groups is 1. The summed E-state index contributed by atoms with van der Waals surface area (Å²) in [5.74, 6) is -0.0606. The molecular formula is C22H30N4O3. The number of rotatable bonds is 5. The van der Waals surface area contributed by atoms with Crippen molar-refractivity contribution in [3.05, 3.63) is 46.2 Å². The maximum Gasteiger partial charge on any atom is 0.322 e. The van der Waals surface area contributed by atoms with Gasteiger partial charge >= 0.3 is 6.03 Å². The molecule has 0 bridgehead atoms. The first-order valence-electron chi connectivity index (χ1n) is 10.0. The Morgan fingerprint density at radius 2 is 1.93 bits per heavy atom. The standard InChI is InChI=1S/C22H30N4O3/c1-12(2)10-23-20(27)15(5)26-11-17-18(21(26)28)19(24-22(29)25(17)6)16-8-7-13(3)9-14(16)4/h7-9,12,15,19H,10-11H2,1-6H3,(H,23,27)(H,24,29). The molecule has 2 unspecified atom stereocenters. The predicted octanol–water partition coefficient (Wildman–Crippen LogP) is 2.26. The fourth-order valence-corrected chi connectivity index (χ4v) is 3.88. The highest BCUT2D eigenvalue weighted by molar-refractivity contribution is 6.03. The fourth-order valence-electron chi connectivity index (χ4n) is 3.88. The molecule has 1 aromatic carbocycles. The predicted molar refractivity (Wildman–Crippen MR) is 111 cm³/mol. The van der Waals surface area contributed by atoms with Gasteiger partial charge < -0.3 is 15.5 Å². The second kappa shape index (κ2) is 7.89. The Bertz CT molecular complexity index is 890. The van der Waals surface area contributed by atoms with E-state index in [-0.39, 0.29) is 24.4 Å². The van der Waals surface area contributed by atoms with Crippen molar-refractivity contribution in [1.29, 1.82) is 0 Å². The lowest BCUT2D eigenvalue weighted by Gasteiger charge is -2.31. The van der Waals surface area contributed by atoms with Crippen LogP contribution in [-0.2, 0) is 9.59 Å². The molecule has 4 amide bonds. The van der Waals surface area contributed by atoms with E-state index in [4.69, 9.17) is 0 Å². The van der Waals surface area contributed by atoms with Gasteiger partial charge in [0.15, 0.2) is 0 Å². The Morgan fingerprint density at radius 3 is 2.55 bits per heavy atom. The summed E-state index contributed by atoms with van der Waals surface area (Å²) >= 11 is 0. The summed E-state index contributed by atoms with van der Waals surface area (Å²) in [6.45, 7) is 10.6. The molecule has 156 valence electrons. The normalized spacial score (nSPS) is 20.2. The number of amides is 4. The molecule has 7 nitrogen and oxygen atoms in total. The van der Waals surface area contributed by atoms with Gasteiger partial charge in [0.2, 0.25) is 5.91 Å². The van der Waals surface area contributed by atoms with Gasteiger partial charge in [-0.15, -0.1) is 0 Å². The van der Waals surface area contributed by atoms with Gasteiger partial charge in [-0.1, -0.05) is 37.6 Å². The van der Waals surface area contributed by atoms with Crippen molar-refractivity contribution in [2.75, 3.05) is 20.1 Å². The lowest BCUT2D eigenvalue weighted by molar-refractivity contribution is -0.135. The van der Waals surface area contributed by atoms with Crippen LogP contribution in [0, 0.1) is 19.8 Å². The summed E-state index contributed by atoms with van der Waals surface area (Å²) in [5, 5.41) is 5.85. The number of benzene rings is 1. The van der Waals surface area contributed by atoms with E-state index < -0.39 is 12.1 Å². The van der Waals surface area contributed by atoms with E-state index >= 15 is 0 Å². The lowest BCUT2D eigenvalue weighted by Crippen LogP contribution is -2.47. The molecule has 7 heteroatoms. The Morgan fingerprint density at radius 1 is 1.24 bits per heavy atom. The molecule has 2 aliphatic rings. The first kappa shape index (κ1) is 20.9. The smallest absolute Gasteiger partial charge is 0.322 e. The third-order valence-corrected chi connectivity index (χ3v) is 5.66. The molecule has 2 aliphatic heterocycles. The van der Waals surface area contributed by atoms with Crippen LogP contribution < -0.4 is 10.6 Å². The van der Waals surface area contributed by atoms with Gasteiger partial charge in [0.05, 0.1) is 23.9 Å². The van der Waals surface area contributed by atoms with Crippen molar-refractivity contribution >= 4 is 17.8 Å². The zero-order valence-corrected chi connectivity index (χ0v) is 18.0. The number of carbonyl (C=O) groups is 3. The number of nitrogens with one attached hydrogen (secondary N) is 2. The number of likely N-dealkylation sites (N-methyl/N-ethyl adjacent to an activating group) is 1. The molecule has 2 N–H and O–H groups in total. The summed E-state index contributed by atoms with van der Waals surface area (Å²) in [4.78, 5) is 41.5. The largest absolute Gasteiger partial charge is 0.354 e. The topological polar surface area (TPSA) is 81.8 Å². The van der Waals surface area contributed by atoms with Crippen LogP contribution >= 0.6 is 0 Å². The zero-order valence-electron chi connectivity index (χ0n) is 18.0. The van der Waals surface area contributed by atoms with Crippen LogP contribution in [0.3, 0.4) is 0 Å². The highest BCUT2D eigenvalue weighted by Crippen LogP contribution is 2.37. The van der Waals surface area contributed by atoms with E-state index in [1.807, 2.05) is 45.9 Å². The van der Waals surface area contributed by atoms with Gasteiger partial charge in [-0.2, -0.15) is 0 Å². The lowest BCUT2D eigenvalue weighted by atomic mass is 9.91. The van der Waals surface area contributed by atoms with Crippen LogP contribution in [-0.4, -0.2) is 53.8 Å². The van der Waals surface area contributed by atoms with Crippen molar-refractivity contribution in [3.8, 4) is 0 Å². The van der Waals surface area contributed by atoms with Crippen LogP contribution in [0.25, 0.3) is 0 Å². The SMILES string of the molecule is Cc1ccc(C2NC(=O)N(C)C3=C2C(=O)N(C(C)C(=O)NCC(C)C)C3)c(C)c1. The van der Waals surface area contributed by atoms with Crippen molar-refractivity contribution in [2.24, 2.45) is 5.92 Å². The first-order valence-corrected chi connectivity index (χ1v) is 10.0. The fraction of sp³-hybridized carbons (Fsp3) is 0.500. The molecule has 0 saturated carbocycles. The second-order valence-corrected chi connectivity index (χ2v) is 8.41. The molecular weight excluding hydrogens is 368 g/mol. The second-order valence-electron chi connectivity index (χ2n) is 8.41. The van der Waals surface area contributed by atoms with Crippen LogP contribution in [0.1, 0.15) is 43.5 Å². The summed E-state index contributed by atoms with van der Waals surface area (Å²) in [6, 6.07) is 4.60. The molecule has 1 aromatic rings. The molecule has 29 heavy (non-hydrogen) atoms. The van der Waals surface area contributed by atoms with Crippen LogP contribution in [0.15, 0.2) is 29.5 Å². The van der Waals surface area contributed by atoms with Gasteiger partial charge in [-0.05, 0) is 37.8 Å². The average Bonchev–Trinajstić information content (AvgIpc) is 3.00. The highest BCUT2D eigenvalue weighted by Gasteiger charge is 2.45. The number of aryl methyl sites for hydroxylation is 2. The number of hydrogen-bond acceptors (Lipinski definition) is 3. The summed E-state index contributed by atoms with van der Waals surface area (Å²) in [6.07, 6.45) is 0. The maximum absolute atomic E-state index is 13.3. The van der Waals surface area contributed by atoms with Crippen molar-refractivity contribution in [1.82, 2.24) is 20.4 Å². The van der Waals surface area contributed by atoms with E-state index in [9.17, 15) is 14.4 Å². The van der Waals surface area contributed by atoms with Crippen molar-refractivity contribution in [3.63, 3.8) is 0 Å². The molecule has 2 heterocycles. The average molecular weight is 399 g/mol. The molecule has 0 spiro atoms. The molecule has 3 rings (SSSR count). The molecule has 0 radical (unpaired) electrons. The molecule has 0 aliphatic carbocycles. The Balaban J connectivity index is 1.92. The number of nitrogens with zero attached hydrogens (tertiary/aromatic N) is 2. The number of carbonyl (C=O) groups excluding carboxylic acids is 3. The zero-order chi connectivity index (χ0) is 21.5. The van der Waals surface area contributed by atoms with E-state index in [0.29, 0.717) is 23.7 Å². The highest BCUT2D eigenvalue weighted by atomic mass is 16.2. The Labute approximate surface area is 172 Å². The maximum atomic E-state index is 13.3. The Kier molecular flexibility index (Phi) is 5.68. The van der Waals surface area contributed by atoms with Gasteiger partial charge in [0.1, 0.15) is 6.04 Å². The Hall–Kier alpha value is -2.83. The van der Waals surface area contributed by atoms with Crippen molar-refractivity contribution in [2.45, 2.75) is 46.7 Å². The minimum absolute atomic E-state index is 0.183.